The molecule has 4 heteroatoms. The van der Waals surface area contributed by atoms with E-state index in [4.69, 9.17) is 4.74 Å². The number of nitrogens with one attached hydrogen (secondary N) is 1. The Morgan fingerprint density at radius 2 is 1.45 bits per heavy atom. The summed E-state index contributed by atoms with van der Waals surface area (Å²) in [6.45, 7) is 3.89. The molecule has 4 aromatic rings. The lowest BCUT2D eigenvalue weighted by Gasteiger charge is -2.16. The molecule has 1 unspecified atom stereocenters. The van der Waals surface area contributed by atoms with Crippen molar-refractivity contribution in [2.45, 2.75) is 26.2 Å². The highest BCUT2D eigenvalue weighted by atomic mass is 16.5. The van der Waals surface area contributed by atoms with Crippen LogP contribution in [0.2, 0.25) is 0 Å². The lowest BCUT2D eigenvalue weighted by atomic mass is 9.97. The van der Waals surface area contributed by atoms with Crippen LogP contribution in [-0.4, -0.2) is 18.5 Å². The Morgan fingerprint density at radius 3 is 2.10 bits per heavy atom. The summed E-state index contributed by atoms with van der Waals surface area (Å²) in [5.41, 5.74) is 2.32. The zero-order valence-electron chi connectivity index (χ0n) is 17.7. The summed E-state index contributed by atoms with van der Waals surface area (Å²) < 4.78 is 5.45. The van der Waals surface area contributed by atoms with Crippen molar-refractivity contribution in [1.29, 1.82) is 0 Å². The van der Waals surface area contributed by atoms with Gasteiger partial charge in [-0.25, -0.2) is 4.79 Å². The summed E-state index contributed by atoms with van der Waals surface area (Å²) in [7, 11) is 0. The predicted molar refractivity (Wildman–Crippen MR) is 126 cm³/mol. The largest absolute Gasteiger partial charge is 0.452 e. The van der Waals surface area contributed by atoms with E-state index in [-0.39, 0.29) is 12.5 Å². The maximum absolute atomic E-state index is 13.0. The Hall–Kier alpha value is -3.66. The van der Waals surface area contributed by atoms with Crippen LogP contribution in [0.15, 0.2) is 78.9 Å². The number of esters is 1. The zero-order valence-corrected chi connectivity index (χ0v) is 17.7. The lowest BCUT2D eigenvalue weighted by Crippen LogP contribution is -2.22. The van der Waals surface area contributed by atoms with Crippen molar-refractivity contribution in [2.75, 3.05) is 11.9 Å². The molecular formula is C27H25NO3. The monoisotopic (exact) mass is 411 g/mol. The molecule has 1 N–H and O–H groups in total. The first-order valence-corrected chi connectivity index (χ1v) is 10.5. The van der Waals surface area contributed by atoms with Gasteiger partial charge >= 0.3 is 5.97 Å². The fraction of sp³-hybridized carbons (Fsp3) is 0.185. The third-order valence-corrected chi connectivity index (χ3v) is 5.69. The van der Waals surface area contributed by atoms with Crippen molar-refractivity contribution in [3.05, 3.63) is 90.0 Å². The van der Waals surface area contributed by atoms with Gasteiger partial charge in [-0.05, 0) is 51.6 Å². The second-order valence-corrected chi connectivity index (χ2v) is 7.71. The van der Waals surface area contributed by atoms with Crippen LogP contribution >= 0.6 is 0 Å². The van der Waals surface area contributed by atoms with Crippen molar-refractivity contribution in [2.24, 2.45) is 0 Å². The predicted octanol–water partition coefficient (Wildman–Crippen LogP) is 6.30. The SMILES string of the molecule is CCC(C)c1ccccc1NC(=O)COC(=O)c1c2ccccc2cc2ccccc12. The van der Waals surface area contributed by atoms with E-state index in [1.165, 1.54) is 0 Å². The second-order valence-electron chi connectivity index (χ2n) is 7.71. The molecular weight excluding hydrogens is 386 g/mol. The fourth-order valence-corrected chi connectivity index (χ4v) is 3.88. The van der Waals surface area contributed by atoms with Crippen LogP contribution in [0.25, 0.3) is 21.5 Å². The molecule has 0 saturated heterocycles. The number of para-hydroxylation sites is 1. The number of carbonyl (C=O) groups is 2. The summed E-state index contributed by atoms with van der Waals surface area (Å²) in [5, 5.41) is 6.43. The van der Waals surface area contributed by atoms with Gasteiger partial charge in [-0.15, -0.1) is 0 Å². The molecule has 4 rings (SSSR count). The normalized spacial score (nSPS) is 11.9. The maximum atomic E-state index is 13.0. The molecule has 0 saturated carbocycles. The highest BCUT2D eigenvalue weighted by molar-refractivity contribution is 6.16. The summed E-state index contributed by atoms with van der Waals surface area (Å²) in [6, 6.07) is 25.2. The number of ether oxygens (including phenoxy) is 1. The Balaban J connectivity index is 1.56. The summed E-state index contributed by atoms with van der Waals surface area (Å²) in [6.07, 6.45) is 0.968. The van der Waals surface area contributed by atoms with Crippen molar-refractivity contribution in [3.8, 4) is 0 Å². The van der Waals surface area contributed by atoms with Crippen LogP contribution in [0, 0.1) is 0 Å². The first-order chi connectivity index (χ1) is 15.1. The molecule has 1 amide bonds. The molecule has 0 bridgehead atoms. The first kappa shape index (κ1) is 20.6. The van der Waals surface area contributed by atoms with E-state index in [1.807, 2.05) is 72.8 Å². The average Bonchev–Trinajstić information content (AvgIpc) is 2.80. The van der Waals surface area contributed by atoms with Crippen molar-refractivity contribution in [3.63, 3.8) is 0 Å². The number of rotatable bonds is 6. The average molecular weight is 412 g/mol. The van der Waals surface area contributed by atoms with E-state index in [2.05, 4.69) is 25.2 Å². The highest BCUT2D eigenvalue weighted by Crippen LogP contribution is 2.29. The maximum Gasteiger partial charge on any atom is 0.339 e. The van der Waals surface area contributed by atoms with Gasteiger partial charge in [0.05, 0.1) is 5.56 Å². The minimum Gasteiger partial charge on any atom is -0.452 e. The molecule has 0 spiro atoms. The quantitative estimate of drug-likeness (QED) is 0.299. The molecule has 4 nitrogen and oxygen atoms in total. The number of amides is 1. The van der Waals surface area contributed by atoms with E-state index < -0.39 is 5.97 Å². The fourth-order valence-electron chi connectivity index (χ4n) is 3.88. The molecule has 0 aliphatic heterocycles. The summed E-state index contributed by atoms with van der Waals surface area (Å²) in [4.78, 5) is 25.6. The third-order valence-electron chi connectivity index (χ3n) is 5.69. The van der Waals surface area contributed by atoms with Crippen LogP contribution in [0.3, 0.4) is 0 Å². The molecule has 0 fully saturated rings. The molecule has 0 aliphatic carbocycles. The minimum absolute atomic E-state index is 0.320. The highest BCUT2D eigenvalue weighted by Gasteiger charge is 2.18. The molecule has 0 radical (unpaired) electrons. The van der Waals surface area contributed by atoms with E-state index in [0.717, 1.165) is 39.2 Å². The number of fused-ring (bicyclic) bond motifs is 2. The lowest BCUT2D eigenvalue weighted by molar-refractivity contribution is -0.119. The van der Waals surface area contributed by atoms with Crippen molar-refractivity contribution >= 4 is 39.1 Å². The summed E-state index contributed by atoms with van der Waals surface area (Å²) in [5.74, 6) is -0.534. The van der Waals surface area contributed by atoms with Gasteiger partial charge in [-0.2, -0.15) is 0 Å². The van der Waals surface area contributed by atoms with E-state index in [0.29, 0.717) is 11.5 Å². The number of hydrogen-bond acceptors (Lipinski definition) is 3. The van der Waals surface area contributed by atoms with Gasteiger partial charge in [-0.3, -0.25) is 4.79 Å². The van der Waals surface area contributed by atoms with Gasteiger partial charge in [-0.1, -0.05) is 80.6 Å². The molecule has 31 heavy (non-hydrogen) atoms. The van der Waals surface area contributed by atoms with E-state index in [9.17, 15) is 9.59 Å². The van der Waals surface area contributed by atoms with Gasteiger partial charge in [0, 0.05) is 5.69 Å². The van der Waals surface area contributed by atoms with E-state index >= 15 is 0 Å². The standard InChI is InChI=1S/C27H25NO3/c1-3-18(2)21-12-8-9-15-24(21)28-25(29)17-31-27(30)26-22-13-6-4-10-19(22)16-20-11-5-7-14-23(20)26/h4-16,18H,3,17H2,1-2H3,(H,28,29). The minimum atomic E-state index is -0.502. The van der Waals surface area contributed by atoms with Crippen LogP contribution in [0.5, 0.6) is 0 Å². The van der Waals surface area contributed by atoms with Gasteiger partial charge in [0.15, 0.2) is 6.61 Å². The summed E-state index contributed by atoms with van der Waals surface area (Å²) >= 11 is 0. The Labute approximate surface area is 181 Å². The van der Waals surface area contributed by atoms with Gasteiger partial charge in [0.25, 0.3) is 5.91 Å². The van der Waals surface area contributed by atoms with Crippen LogP contribution in [-0.2, 0) is 9.53 Å². The van der Waals surface area contributed by atoms with Gasteiger partial charge < -0.3 is 10.1 Å². The van der Waals surface area contributed by atoms with Crippen molar-refractivity contribution in [1.82, 2.24) is 0 Å². The molecule has 156 valence electrons. The van der Waals surface area contributed by atoms with Gasteiger partial charge in [0.2, 0.25) is 0 Å². The number of benzene rings is 4. The molecule has 4 aromatic carbocycles. The molecule has 0 aliphatic rings. The Morgan fingerprint density at radius 1 is 0.871 bits per heavy atom. The molecule has 0 heterocycles. The zero-order chi connectivity index (χ0) is 21.8. The molecule has 1 atom stereocenters. The number of anilines is 1. The van der Waals surface area contributed by atoms with E-state index in [1.54, 1.807) is 0 Å². The van der Waals surface area contributed by atoms with Crippen LogP contribution in [0.1, 0.15) is 42.1 Å². The Kier molecular flexibility index (Phi) is 5.99. The first-order valence-electron chi connectivity index (χ1n) is 10.5. The number of carbonyl (C=O) groups excluding carboxylic acids is 2. The molecule has 0 aromatic heterocycles. The second kappa shape index (κ2) is 9.00. The smallest absolute Gasteiger partial charge is 0.339 e. The number of hydrogen-bond donors (Lipinski definition) is 1. The third kappa shape index (κ3) is 4.29. The van der Waals surface area contributed by atoms with Gasteiger partial charge in [0.1, 0.15) is 0 Å². The van der Waals surface area contributed by atoms with Crippen LogP contribution < -0.4 is 5.32 Å². The van der Waals surface area contributed by atoms with Crippen molar-refractivity contribution < 1.29 is 14.3 Å². The van der Waals surface area contributed by atoms with Crippen LogP contribution in [0.4, 0.5) is 5.69 Å². The topological polar surface area (TPSA) is 55.4 Å². The Bertz CT molecular complexity index is 1210.